The van der Waals surface area contributed by atoms with E-state index in [0.717, 1.165) is 25.8 Å². The molecule has 0 aliphatic carbocycles. The maximum atomic E-state index is 12.3. The van der Waals surface area contributed by atoms with Crippen LogP contribution in [0.1, 0.15) is 87.1 Å². The summed E-state index contributed by atoms with van der Waals surface area (Å²) in [6, 6.07) is 7.97. The van der Waals surface area contributed by atoms with Gasteiger partial charge in [-0.2, -0.15) is 0 Å². The SMILES string of the molecule is CCCCCCCCCCCCOC(=O)c1cccc(CC2SCCN2C)c1. The van der Waals surface area contributed by atoms with E-state index in [0.29, 0.717) is 17.5 Å². The number of rotatable bonds is 14. The second kappa shape index (κ2) is 14.1. The van der Waals surface area contributed by atoms with Crippen molar-refractivity contribution in [1.82, 2.24) is 4.90 Å². The standard InChI is InChI=1S/C24H39NO2S/c1-3-4-5-6-7-8-9-10-11-12-17-27-24(26)22-15-13-14-21(19-22)20-23-25(2)16-18-28-23/h13-15,19,23H,3-12,16-18,20H2,1-2H3. The maximum Gasteiger partial charge on any atom is 0.338 e. The Bertz CT molecular complexity index is 563. The second-order valence-corrected chi connectivity index (χ2v) is 9.31. The van der Waals surface area contributed by atoms with Gasteiger partial charge in [-0.25, -0.2) is 4.79 Å². The maximum absolute atomic E-state index is 12.3. The Kier molecular flexibility index (Phi) is 11.7. The van der Waals surface area contributed by atoms with Gasteiger partial charge in [0.05, 0.1) is 17.5 Å². The Morgan fingerprint density at radius 1 is 1.07 bits per heavy atom. The van der Waals surface area contributed by atoms with Crippen molar-refractivity contribution in [3.8, 4) is 0 Å². The number of ether oxygens (including phenoxy) is 1. The van der Waals surface area contributed by atoms with Gasteiger partial charge in [-0.3, -0.25) is 4.90 Å². The number of hydrogen-bond acceptors (Lipinski definition) is 4. The average molecular weight is 406 g/mol. The summed E-state index contributed by atoms with van der Waals surface area (Å²) in [5, 5.41) is 0.526. The van der Waals surface area contributed by atoms with Gasteiger partial charge in [0.1, 0.15) is 0 Å². The van der Waals surface area contributed by atoms with Gasteiger partial charge in [0.15, 0.2) is 0 Å². The largest absolute Gasteiger partial charge is 0.462 e. The normalized spacial score (nSPS) is 17.1. The van der Waals surface area contributed by atoms with E-state index in [1.54, 1.807) is 0 Å². The molecule has 1 unspecified atom stereocenters. The van der Waals surface area contributed by atoms with Gasteiger partial charge < -0.3 is 4.74 Å². The summed E-state index contributed by atoms with van der Waals surface area (Å²) in [5.74, 6) is 1.02. The highest BCUT2D eigenvalue weighted by Gasteiger charge is 2.21. The number of benzene rings is 1. The Morgan fingerprint density at radius 3 is 2.39 bits per heavy atom. The van der Waals surface area contributed by atoms with E-state index in [2.05, 4.69) is 24.9 Å². The van der Waals surface area contributed by atoms with Crippen molar-refractivity contribution in [3.05, 3.63) is 35.4 Å². The van der Waals surface area contributed by atoms with Crippen molar-refractivity contribution in [2.45, 2.75) is 82.9 Å². The van der Waals surface area contributed by atoms with Crippen LogP contribution in [0.4, 0.5) is 0 Å². The molecule has 1 saturated heterocycles. The monoisotopic (exact) mass is 405 g/mol. The number of carbonyl (C=O) groups is 1. The van der Waals surface area contributed by atoms with Gasteiger partial charge in [0.25, 0.3) is 0 Å². The predicted octanol–water partition coefficient (Wildman–Crippen LogP) is 6.31. The highest BCUT2D eigenvalue weighted by Crippen LogP contribution is 2.25. The molecule has 0 radical (unpaired) electrons. The molecule has 1 aliphatic heterocycles. The van der Waals surface area contributed by atoms with Gasteiger partial charge in [0.2, 0.25) is 0 Å². The van der Waals surface area contributed by atoms with Crippen LogP contribution < -0.4 is 0 Å². The molecule has 0 saturated carbocycles. The van der Waals surface area contributed by atoms with Crippen molar-refractivity contribution in [3.63, 3.8) is 0 Å². The zero-order valence-corrected chi connectivity index (χ0v) is 18.8. The molecule has 158 valence electrons. The molecule has 28 heavy (non-hydrogen) atoms. The van der Waals surface area contributed by atoms with Gasteiger partial charge in [-0.15, -0.1) is 11.8 Å². The van der Waals surface area contributed by atoms with Gasteiger partial charge in [0, 0.05) is 12.3 Å². The Labute approximate surface area is 176 Å². The quantitative estimate of drug-likeness (QED) is 0.268. The number of esters is 1. The van der Waals surface area contributed by atoms with Crippen LogP contribution in [0.25, 0.3) is 0 Å². The van der Waals surface area contributed by atoms with Crippen molar-refractivity contribution >= 4 is 17.7 Å². The Hall–Kier alpha value is -1.00. The highest BCUT2D eigenvalue weighted by atomic mass is 32.2. The summed E-state index contributed by atoms with van der Waals surface area (Å²) in [4.78, 5) is 14.7. The average Bonchev–Trinajstić information content (AvgIpc) is 3.10. The topological polar surface area (TPSA) is 29.5 Å². The number of thioether (sulfide) groups is 1. The molecule has 1 heterocycles. The van der Waals surface area contributed by atoms with E-state index < -0.39 is 0 Å². The predicted molar refractivity (Wildman–Crippen MR) is 121 cm³/mol. The number of carbonyl (C=O) groups excluding carboxylic acids is 1. The molecular weight excluding hydrogens is 366 g/mol. The molecule has 1 aliphatic rings. The van der Waals surface area contributed by atoms with E-state index in [1.807, 2.05) is 30.0 Å². The van der Waals surface area contributed by atoms with Crippen LogP contribution in [-0.4, -0.2) is 42.2 Å². The third-order valence-corrected chi connectivity index (χ3v) is 6.88. The fourth-order valence-electron chi connectivity index (χ4n) is 3.68. The van der Waals surface area contributed by atoms with Crippen LogP contribution in [0, 0.1) is 0 Å². The van der Waals surface area contributed by atoms with Crippen molar-refractivity contribution in [2.24, 2.45) is 0 Å². The minimum absolute atomic E-state index is 0.176. The lowest BCUT2D eigenvalue weighted by Gasteiger charge is -2.18. The zero-order valence-electron chi connectivity index (χ0n) is 18.0. The van der Waals surface area contributed by atoms with Gasteiger partial charge in [-0.1, -0.05) is 76.8 Å². The molecule has 0 spiro atoms. The fraction of sp³-hybridized carbons (Fsp3) is 0.708. The zero-order chi connectivity index (χ0) is 20.0. The summed E-state index contributed by atoms with van der Waals surface area (Å²) >= 11 is 2.00. The molecule has 1 fully saturated rings. The van der Waals surface area contributed by atoms with E-state index in [9.17, 15) is 4.79 Å². The van der Waals surface area contributed by atoms with E-state index in [-0.39, 0.29) is 5.97 Å². The van der Waals surface area contributed by atoms with Crippen LogP contribution in [0.2, 0.25) is 0 Å². The molecule has 0 amide bonds. The number of unbranched alkanes of at least 4 members (excludes halogenated alkanes) is 9. The minimum atomic E-state index is -0.176. The summed E-state index contributed by atoms with van der Waals surface area (Å²) < 4.78 is 5.49. The lowest BCUT2D eigenvalue weighted by Crippen LogP contribution is -2.25. The van der Waals surface area contributed by atoms with E-state index in [1.165, 1.54) is 62.7 Å². The summed E-state index contributed by atoms with van der Waals surface area (Å²) in [6.45, 7) is 3.95. The first-order valence-corrected chi connectivity index (χ1v) is 12.3. The van der Waals surface area contributed by atoms with Crippen LogP contribution in [0.5, 0.6) is 0 Å². The molecule has 4 heteroatoms. The van der Waals surface area contributed by atoms with E-state index >= 15 is 0 Å². The molecule has 0 N–H and O–H groups in total. The summed E-state index contributed by atoms with van der Waals surface area (Å²) in [5.41, 5.74) is 1.91. The molecule has 2 rings (SSSR count). The molecule has 1 aromatic rings. The first-order chi connectivity index (χ1) is 13.7. The lowest BCUT2D eigenvalue weighted by atomic mass is 10.1. The Balaban J connectivity index is 1.56. The third-order valence-electron chi connectivity index (χ3n) is 5.55. The van der Waals surface area contributed by atoms with Crippen LogP contribution in [0.15, 0.2) is 24.3 Å². The molecule has 0 aromatic heterocycles. The molecule has 3 nitrogen and oxygen atoms in total. The van der Waals surface area contributed by atoms with Crippen LogP contribution in [0.3, 0.4) is 0 Å². The van der Waals surface area contributed by atoms with Crippen molar-refractivity contribution in [1.29, 1.82) is 0 Å². The van der Waals surface area contributed by atoms with E-state index in [4.69, 9.17) is 4.74 Å². The minimum Gasteiger partial charge on any atom is -0.462 e. The number of hydrogen-bond donors (Lipinski definition) is 0. The van der Waals surface area contributed by atoms with Crippen molar-refractivity contribution in [2.75, 3.05) is 26.0 Å². The Morgan fingerprint density at radius 2 is 1.75 bits per heavy atom. The first-order valence-electron chi connectivity index (χ1n) is 11.3. The number of nitrogens with zero attached hydrogens (tertiary/aromatic N) is 1. The van der Waals surface area contributed by atoms with Crippen LogP contribution >= 0.6 is 11.8 Å². The third kappa shape index (κ3) is 9.00. The van der Waals surface area contributed by atoms with Gasteiger partial charge in [-0.05, 0) is 37.6 Å². The van der Waals surface area contributed by atoms with Crippen LogP contribution in [-0.2, 0) is 11.2 Å². The molecule has 0 bridgehead atoms. The smallest absolute Gasteiger partial charge is 0.338 e. The summed E-state index contributed by atoms with van der Waals surface area (Å²) in [6.07, 6.45) is 13.9. The highest BCUT2D eigenvalue weighted by molar-refractivity contribution is 8.00. The lowest BCUT2D eigenvalue weighted by molar-refractivity contribution is 0.0497. The number of likely N-dealkylation sites (N-methyl/N-ethyl adjacent to an activating group) is 1. The second-order valence-electron chi connectivity index (χ2n) is 8.03. The van der Waals surface area contributed by atoms with Gasteiger partial charge >= 0.3 is 5.97 Å². The molecule has 1 atom stereocenters. The fourth-order valence-corrected chi connectivity index (χ4v) is 5.02. The first kappa shape index (κ1) is 23.3. The summed E-state index contributed by atoms with van der Waals surface area (Å²) in [7, 11) is 2.18. The molecular formula is C24H39NO2S. The molecule has 1 aromatic carbocycles. The van der Waals surface area contributed by atoms with Crippen molar-refractivity contribution < 1.29 is 9.53 Å².